The monoisotopic (exact) mass is 281 g/mol. The highest BCUT2D eigenvalue weighted by atomic mass is 16.5. The van der Waals surface area contributed by atoms with Crippen molar-refractivity contribution in [2.24, 2.45) is 0 Å². The van der Waals surface area contributed by atoms with Crippen molar-refractivity contribution in [3.8, 4) is 11.5 Å². The molecule has 1 aliphatic heterocycles. The molecule has 2 atom stereocenters. The standard InChI is InChI=1S/C18H19NO2/c1-20-13-8-6-12-7-9-16(15(12)10-13)19-17-11-21-18-5-3-2-4-14(17)18/h2-6,8,10,16-17,19H,7,9,11H2,1H3. The van der Waals surface area contributed by atoms with Crippen molar-refractivity contribution in [2.45, 2.75) is 24.9 Å². The molecule has 3 heteroatoms. The summed E-state index contributed by atoms with van der Waals surface area (Å²) >= 11 is 0. The first-order valence-corrected chi connectivity index (χ1v) is 7.50. The van der Waals surface area contributed by atoms with E-state index < -0.39 is 0 Å². The van der Waals surface area contributed by atoms with Gasteiger partial charge in [0.05, 0.1) is 13.2 Å². The third-order valence-corrected chi connectivity index (χ3v) is 4.53. The van der Waals surface area contributed by atoms with Crippen molar-refractivity contribution in [2.75, 3.05) is 13.7 Å². The minimum atomic E-state index is 0.281. The molecule has 0 fully saturated rings. The van der Waals surface area contributed by atoms with Crippen LogP contribution in [0.3, 0.4) is 0 Å². The summed E-state index contributed by atoms with van der Waals surface area (Å²) < 4.78 is 11.1. The van der Waals surface area contributed by atoms with E-state index in [1.54, 1.807) is 7.11 Å². The van der Waals surface area contributed by atoms with Crippen molar-refractivity contribution in [3.05, 3.63) is 59.2 Å². The van der Waals surface area contributed by atoms with Crippen molar-refractivity contribution in [1.82, 2.24) is 5.32 Å². The van der Waals surface area contributed by atoms with Crippen LogP contribution in [0, 0.1) is 0 Å². The molecule has 2 aromatic carbocycles. The zero-order valence-corrected chi connectivity index (χ0v) is 12.1. The molecule has 3 nitrogen and oxygen atoms in total. The van der Waals surface area contributed by atoms with Crippen LogP contribution in [0.1, 0.15) is 35.2 Å². The number of para-hydroxylation sites is 1. The fourth-order valence-corrected chi connectivity index (χ4v) is 3.42. The lowest BCUT2D eigenvalue weighted by Gasteiger charge is -2.19. The Morgan fingerprint density at radius 1 is 1.10 bits per heavy atom. The van der Waals surface area contributed by atoms with Gasteiger partial charge in [0.2, 0.25) is 0 Å². The van der Waals surface area contributed by atoms with Crippen LogP contribution in [-0.2, 0) is 6.42 Å². The van der Waals surface area contributed by atoms with Crippen molar-refractivity contribution < 1.29 is 9.47 Å². The quantitative estimate of drug-likeness (QED) is 0.935. The zero-order chi connectivity index (χ0) is 14.2. The second-order valence-electron chi connectivity index (χ2n) is 5.72. The van der Waals surface area contributed by atoms with Gasteiger partial charge in [-0.05, 0) is 42.2 Å². The predicted molar refractivity (Wildman–Crippen MR) is 81.9 cm³/mol. The van der Waals surface area contributed by atoms with Gasteiger partial charge in [0.25, 0.3) is 0 Å². The third-order valence-electron chi connectivity index (χ3n) is 4.53. The van der Waals surface area contributed by atoms with E-state index in [-0.39, 0.29) is 6.04 Å². The van der Waals surface area contributed by atoms with Gasteiger partial charge in [-0.2, -0.15) is 0 Å². The molecule has 0 aromatic heterocycles. The normalized spacial score (nSPS) is 22.5. The average molecular weight is 281 g/mol. The molecule has 0 saturated heterocycles. The van der Waals surface area contributed by atoms with Gasteiger partial charge in [-0.1, -0.05) is 24.3 Å². The molecule has 2 unspecified atom stereocenters. The summed E-state index contributed by atoms with van der Waals surface area (Å²) in [5.74, 6) is 1.95. The SMILES string of the molecule is COc1ccc2c(c1)C(NC1COc3ccccc31)CC2. The molecule has 1 N–H and O–H groups in total. The molecule has 1 heterocycles. The zero-order valence-electron chi connectivity index (χ0n) is 12.1. The van der Waals surface area contributed by atoms with E-state index in [1.165, 1.54) is 16.7 Å². The Kier molecular flexibility index (Phi) is 3.08. The molecule has 0 saturated carbocycles. The average Bonchev–Trinajstić information content (AvgIpc) is 3.12. The van der Waals surface area contributed by atoms with Gasteiger partial charge >= 0.3 is 0 Å². The number of hydrogen-bond acceptors (Lipinski definition) is 3. The van der Waals surface area contributed by atoms with Crippen LogP contribution >= 0.6 is 0 Å². The van der Waals surface area contributed by atoms with E-state index in [0.29, 0.717) is 6.04 Å². The van der Waals surface area contributed by atoms with E-state index in [9.17, 15) is 0 Å². The highest BCUT2D eigenvalue weighted by Gasteiger charge is 2.29. The van der Waals surface area contributed by atoms with E-state index in [2.05, 4.69) is 35.6 Å². The summed E-state index contributed by atoms with van der Waals surface area (Å²) in [6, 6.07) is 15.4. The fourth-order valence-electron chi connectivity index (χ4n) is 3.42. The number of ether oxygens (including phenoxy) is 2. The molecule has 4 rings (SSSR count). The van der Waals surface area contributed by atoms with Crippen LogP contribution in [0.5, 0.6) is 11.5 Å². The maximum atomic E-state index is 5.77. The molecule has 0 spiro atoms. The first-order valence-electron chi connectivity index (χ1n) is 7.50. The fraction of sp³-hybridized carbons (Fsp3) is 0.333. The van der Waals surface area contributed by atoms with Crippen LogP contribution in [-0.4, -0.2) is 13.7 Å². The molecule has 2 aliphatic rings. The Bertz CT molecular complexity index is 668. The molecule has 0 bridgehead atoms. The summed E-state index contributed by atoms with van der Waals surface area (Å²) in [4.78, 5) is 0. The molecule has 2 aromatic rings. The van der Waals surface area contributed by atoms with Gasteiger partial charge in [0.15, 0.2) is 0 Å². The maximum Gasteiger partial charge on any atom is 0.124 e. The van der Waals surface area contributed by atoms with Crippen LogP contribution in [0.25, 0.3) is 0 Å². The highest BCUT2D eigenvalue weighted by Crippen LogP contribution is 2.38. The van der Waals surface area contributed by atoms with Crippen LogP contribution in [0.2, 0.25) is 0 Å². The number of rotatable bonds is 3. The molecule has 0 radical (unpaired) electrons. The Hall–Kier alpha value is -2.00. The molecule has 21 heavy (non-hydrogen) atoms. The first kappa shape index (κ1) is 12.7. The summed E-state index contributed by atoms with van der Waals surface area (Å²) in [5.41, 5.74) is 4.08. The Morgan fingerprint density at radius 2 is 2.00 bits per heavy atom. The number of aryl methyl sites for hydroxylation is 1. The molecule has 0 amide bonds. The maximum absolute atomic E-state index is 5.77. The Balaban J connectivity index is 1.58. The van der Waals surface area contributed by atoms with Crippen LogP contribution < -0.4 is 14.8 Å². The van der Waals surface area contributed by atoms with Gasteiger partial charge in [-0.3, -0.25) is 0 Å². The summed E-state index contributed by atoms with van der Waals surface area (Å²) in [7, 11) is 1.72. The number of hydrogen-bond donors (Lipinski definition) is 1. The molecule has 1 aliphatic carbocycles. The van der Waals surface area contributed by atoms with Gasteiger partial charge in [0, 0.05) is 11.6 Å². The molecular weight excluding hydrogens is 262 g/mol. The second kappa shape index (κ2) is 5.08. The number of benzene rings is 2. The van der Waals surface area contributed by atoms with E-state index in [0.717, 1.165) is 30.9 Å². The molecule has 108 valence electrons. The topological polar surface area (TPSA) is 30.5 Å². The highest BCUT2D eigenvalue weighted by molar-refractivity contribution is 5.43. The predicted octanol–water partition coefficient (Wildman–Crippen LogP) is 3.41. The van der Waals surface area contributed by atoms with Crippen molar-refractivity contribution >= 4 is 0 Å². The summed E-state index contributed by atoms with van der Waals surface area (Å²) in [6.45, 7) is 0.717. The van der Waals surface area contributed by atoms with E-state index >= 15 is 0 Å². The first-order chi connectivity index (χ1) is 10.3. The Morgan fingerprint density at radius 3 is 2.90 bits per heavy atom. The lowest BCUT2D eigenvalue weighted by molar-refractivity contribution is 0.297. The van der Waals surface area contributed by atoms with Crippen LogP contribution in [0.15, 0.2) is 42.5 Å². The summed E-state index contributed by atoms with van der Waals surface area (Å²) in [6.07, 6.45) is 2.27. The van der Waals surface area contributed by atoms with E-state index in [4.69, 9.17) is 9.47 Å². The Labute approximate surface area is 124 Å². The van der Waals surface area contributed by atoms with E-state index in [1.807, 2.05) is 12.1 Å². The minimum Gasteiger partial charge on any atom is -0.497 e. The van der Waals surface area contributed by atoms with Gasteiger partial charge in [0.1, 0.15) is 18.1 Å². The van der Waals surface area contributed by atoms with Crippen LogP contribution in [0.4, 0.5) is 0 Å². The van der Waals surface area contributed by atoms with Crippen molar-refractivity contribution in [3.63, 3.8) is 0 Å². The van der Waals surface area contributed by atoms with Crippen molar-refractivity contribution in [1.29, 1.82) is 0 Å². The minimum absolute atomic E-state index is 0.281. The van der Waals surface area contributed by atoms with Gasteiger partial charge < -0.3 is 14.8 Å². The number of nitrogens with one attached hydrogen (secondary N) is 1. The lowest BCUT2D eigenvalue weighted by Crippen LogP contribution is -2.26. The number of methoxy groups -OCH3 is 1. The third kappa shape index (κ3) is 2.18. The number of fused-ring (bicyclic) bond motifs is 2. The summed E-state index contributed by atoms with van der Waals surface area (Å²) in [5, 5.41) is 3.76. The van der Waals surface area contributed by atoms with Gasteiger partial charge in [-0.15, -0.1) is 0 Å². The molecular formula is C18H19NO2. The lowest BCUT2D eigenvalue weighted by atomic mass is 10.0. The largest absolute Gasteiger partial charge is 0.497 e. The van der Waals surface area contributed by atoms with Gasteiger partial charge in [-0.25, -0.2) is 0 Å². The second-order valence-corrected chi connectivity index (χ2v) is 5.72. The smallest absolute Gasteiger partial charge is 0.124 e.